The lowest BCUT2D eigenvalue weighted by molar-refractivity contribution is 0.222. The zero-order chi connectivity index (χ0) is 19.3. The van der Waals surface area contributed by atoms with Crippen LogP contribution < -0.4 is 11.1 Å². The predicted molar refractivity (Wildman–Crippen MR) is 123 cm³/mol. The number of sulfonamides is 1. The molecule has 9 heteroatoms. The molecule has 1 aliphatic heterocycles. The van der Waals surface area contributed by atoms with E-state index in [0.717, 1.165) is 25.9 Å². The van der Waals surface area contributed by atoms with Gasteiger partial charge in [-0.15, -0.1) is 24.0 Å². The first-order valence-corrected chi connectivity index (χ1v) is 11.2. The molecule has 2 fully saturated rings. The molecule has 0 aromatic heterocycles. The molecule has 1 saturated carbocycles. The maximum Gasteiger partial charge on any atom is 0.243 e. The first-order valence-electron chi connectivity index (χ1n) is 9.80. The van der Waals surface area contributed by atoms with E-state index in [2.05, 4.69) is 15.2 Å². The molecule has 1 aromatic carbocycles. The molecule has 0 amide bonds. The van der Waals surface area contributed by atoms with Crippen LogP contribution in [0.4, 0.5) is 0 Å². The zero-order valence-electron chi connectivity index (χ0n) is 16.5. The number of piperazine rings is 1. The summed E-state index contributed by atoms with van der Waals surface area (Å²) in [5.74, 6) is 0.397. The molecule has 1 heterocycles. The van der Waals surface area contributed by atoms with Gasteiger partial charge in [-0.25, -0.2) is 13.4 Å². The van der Waals surface area contributed by atoms with E-state index in [4.69, 9.17) is 5.73 Å². The fourth-order valence-electron chi connectivity index (χ4n) is 3.73. The minimum atomic E-state index is -3.52. The van der Waals surface area contributed by atoms with Gasteiger partial charge in [0.25, 0.3) is 0 Å². The van der Waals surface area contributed by atoms with E-state index in [1.54, 1.807) is 16.4 Å². The van der Waals surface area contributed by atoms with Crippen molar-refractivity contribution in [2.75, 3.05) is 33.2 Å². The highest BCUT2D eigenvalue weighted by Gasteiger charge is 2.29. The average molecular weight is 521 g/mol. The number of likely N-dealkylation sites (N-methyl/N-ethyl adjacent to an activating group) is 1. The minimum absolute atomic E-state index is 0. The summed E-state index contributed by atoms with van der Waals surface area (Å²) in [6, 6.07) is 7.48. The number of nitrogens with one attached hydrogen (secondary N) is 1. The number of hydrogen-bond donors (Lipinski definition) is 2. The Labute approximate surface area is 185 Å². The van der Waals surface area contributed by atoms with E-state index in [1.165, 1.54) is 19.3 Å². The molecule has 3 rings (SSSR count). The number of hydrogen-bond acceptors (Lipinski definition) is 4. The Morgan fingerprint density at radius 1 is 1.14 bits per heavy atom. The maximum absolute atomic E-state index is 13.1. The fourth-order valence-corrected chi connectivity index (χ4v) is 5.36. The van der Waals surface area contributed by atoms with Crippen LogP contribution in [0.15, 0.2) is 34.2 Å². The van der Waals surface area contributed by atoms with E-state index in [9.17, 15) is 8.42 Å². The Kier molecular flexibility index (Phi) is 8.97. The van der Waals surface area contributed by atoms with Crippen molar-refractivity contribution >= 4 is 40.0 Å². The smallest absolute Gasteiger partial charge is 0.243 e. The molecule has 1 aromatic rings. The van der Waals surface area contributed by atoms with E-state index >= 15 is 0 Å². The van der Waals surface area contributed by atoms with Crippen LogP contribution in [-0.4, -0.2) is 62.9 Å². The molecule has 158 valence electrons. The lowest BCUT2D eigenvalue weighted by atomic mass is 9.96. The van der Waals surface area contributed by atoms with E-state index in [0.29, 0.717) is 35.5 Å². The van der Waals surface area contributed by atoms with Crippen molar-refractivity contribution in [3.63, 3.8) is 0 Å². The van der Waals surface area contributed by atoms with Crippen molar-refractivity contribution in [2.24, 2.45) is 10.7 Å². The van der Waals surface area contributed by atoms with Gasteiger partial charge in [-0.05, 0) is 31.5 Å². The summed E-state index contributed by atoms with van der Waals surface area (Å²) in [6.07, 6.45) is 5.95. The summed E-state index contributed by atoms with van der Waals surface area (Å²) in [5.41, 5.74) is 6.73. The van der Waals surface area contributed by atoms with Crippen molar-refractivity contribution in [2.45, 2.75) is 49.6 Å². The first-order chi connectivity index (χ1) is 13.0. The quantitative estimate of drug-likeness (QED) is 0.352. The van der Waals surface area contributed by atoms with Gasteiger partial charge in [0.2, 0.25) is 10.0 Å². The Morgan fingerprint density at radius 2 is 1.79 bits per heavy atom. The Balaban J connectivity index is 0.00000280. The third kappa shape index (κ3) is 6.04. The maximum atomic E-state index is 13.1. The van der Waals surface area contributed by atoms with Crippen molar-refractivity contribution in [1.29, 1.82) is 0 Å². The molecule has 28 heavy (non-hydrogen) atoms. The summed E-state index contributed by atoms with van der Waals surface area (Å²) in [5, 5.41) is 3.28. The molecule has 7 nitrogen and oxygen atoms in total. The Hall–Kier alpha value is -0.910. The third-order valence-corrected chi connectivity index (χ3v) is 7.43. The van der Waals surface area contributed by atoms with Gasteiger partial charge >= 0.3 is 0 Å². The highest BCUT2D eigenvalue weighted by Crippen LogP contribution is 2.22. The molecule has 1 saturated heterocycles. The largest absolute Gasteiger partial charge is 0.370 e. The number of aliphatic imine (C=N–C) groups is 1. The molecule has 0 radical (unpaired) electrons. The van der Waals surface area contributed by atoms with Gasteiger partial charge in [-0.3, -0.25) is 0 Å². The van der Waals surface area contributed by atoms with Crippen LogP contribution in [0.3, 0.4) is 0 Å². The van der Waals surface area contributed by atoms with Gasteiger partial charge < -0.3 is 16.0 Å². The number of rotatable bonds is 5. The molecule has 0 unspecified atom stereocenters. The van der Waals surface area contributed by atoms with Gasteiger partial charge in [0, 0.05) is 32.2 Å². The third-order valence-electron chi connectivity index (χ3n) is 5.43. The molecule has 0 spiro atoms. The van der Waals surface area contributed by atoms with Crippen LogP contribution in [0.2, 0.25) is 0 Å². The van der Waals surface area contributed by atoms with Gasteiger partial charge in [-0.2, -0.15) is 4.31 Å². The number of nitrogens with zero attached hydrogens (tertiary/aromatic N) is 3. The first kappa shape index (κ1) is 23.4. The monoisotopic (exact) mass is 521 g/mol. The predicted octanol–water partition coefficient (Wildman–Crippen LogP) is 1.98. The van der Waals surface area contributed by atoms with Crippen molar-refractivity contribution in [3.8, 4) is 0 Å². The second-order valence-electron chi connectivity index (χ2n) is 7.50. The Bertz CT molecular complexity index is 757. The van der Waals surface area contributed by atoms with Crippen LogP contribution in [0.5, 0.6) is 0 Å². The van der Waals surface area contributed by atoms with Crippen LogP contribution in [0, 0.1) is 0 Å². The van der Waals surface area contributed by atoms with Crippen molar-refractivity contribution in [1.82, 2.24) is 14.5 Å². The Morgan fingerprint density at radius 3 is 2.46 bits per heavy atom. The topological polar surface area (TPSA) is 91.0 Å². The molecule has 2 aliphatic rings. The SMILES string of the molecule is CN1CCN(S(=O)(=O)c2ccccc2CN=C(N)NC2CCCCC2)CC1.I. The normalized spacial score (nSPS) is 20.5. The highest BCUT2D eigenvalue weighted by atomic mass is 127. The summed E-state index contributed by atoms with van der Waals surface area (Å²) in [4.78, 5) is 6.89. The fraction of sp³-hybridized carbons (Fsp3) is 0.632. The number of benzene rings is 1. The van der Waals surface area contributed by atoms with Crippen LogP contribution >= 0.6 is 24.0 Å². The second kappa shape index (κ2) is 10.7. The summed E-state index contributed by atoms with van der Waals surface area (Å²) < 4.78 is 27.7. The average Bonchev–Trinajstić information content (AvgIpc) is 2.68. The minimum Gasteiger partial charge on any atom is -0.370 e. The summed E-state index contributed by atoms with van der Waals surface area (Å²) >= 11 is 0. The summed E-state index contributed by atoms with van der Waals surface area (Å²) in [7, 11) is -1.51. The number of nitrogens with two attached hydrogens (primary N) is 1. The number of guanidine groups is 1. The van der Waals surface area contributed by atoms with E-state index < -0.39 is 10.0 Å². The lowest BCUT2D eigenvalue weighted by Gasteiger charge is -2.32. The summed E-state index contributed by atoms with van der Waals surface area (Å²) in [6.45, 7) is 2.79. The lowest BCUT2D eigenvalue weighted by Crippen LogP contribution is -2.47. The van der Waals surface area contributed by atoms with Gasteiger partial charge in [0.1, 0.15) is 0 Å². The van der Waals surface area contributed by atoms with Crippen LogP contribution in [0.25, 0.3) is 0 Å². The molecule has 0 bridgehead atoms. The molecule has 0 atom stereocenters. The molecular weight excluding hydrogens is 489 g/mol. The van der Waals surface area contributed by atoms with E-state index in [-0.39, 0.29) is 30.5 Å². The molecule has 1 aliphatic carbocycles. The number of halogens is 1. The second-order valence-corrected chi connectivity index (χ2v) is 9.40. The van der Waals surface area contributed by atoms with Crippen molar-refractivity contribution in [3.05, 3.63) is 29.8 Å². The zero-order valence-corrected chi connectivity index (χ0v) is 19.7. The van der Waals surface area contributed by atoms with Crippen molar-refractivity contribution < 1.29 is 8.42 Å². The van der Waals surface area contributed by atoms with Crippen LogP contribution in [0.1, 0.15) is 37.7 Å². The highest BCUT2D eigenvalue weighted by molar-refractivity contribution is 14.0. The standard InChI is InChI=1S/C19H31N5O2S.HI/c1-23-11-13-24(14-12-23)27(25,26)18-10-6-5-7-16(18)15-21-19(20)22-17-8-3-2-4-9-17;/h5-7,10,17H,2-4,8-9,11-15H2,1H3,(H3,20,21,22);1H. The van der Waals surface area contributed by atoms with E-state index in [1.807, 2.05) is 19.2 Å². The van der Waals surface area contributed by atoms with Gasteiger partial charge in [-0.1, -0.05) is 37.5 Å². The van der Waals surface area contributed by atoms with Gasteiger partial charge in [0.15, 0.2) is 5.96 Å². The van der Waals surface area contributed by atoms with Gasteiger partial charge in [0.05, 0.1) is 11.4 Å². The van der Waals surface area contributed by atoms with Crippen LogP contribution in [-0.2, 0) is 16.6 Å². The molecule has 3 N–H and O–H groups in total. The molecular formula is C19H32IN5O2S.